The zero-order chi connectivity index (χ0) is 21.5. The fourth-order valence-corrected chi connectivity index (χ4v) is 3.30. The first-order valence-corrected chi connectivity index (χ1v) is 10.2. The van der Waals surface area contributed by atoms with Crippen molar-refractivity contribution >= 4 is 34.0 Å². The predicted molar refractivity (Wildman–Crippen MR) is 123 cm³/mol. The quantitative estimate of drug-likeness (QED) is 0.231. The Kier molecular flexibility index (Phi) is 7.34. The molecule has 7 nitrogen and oxygen atoms in total. The van der Waals surface area contributed by atoms with Gasteiger partial charge < -0.3 is 19.5 Å². The molecule has 0 bridgehead atoms. The van der Waals surface area contributed by atoms with E-state index < -0.39 is 0 Å². The summed E-state index contributed by atoms with van der Waals surface area (Å²) in [5.41, 5.74) is 2.44. The fourth-order valence-electron chi connectivity index (χ4n) is 2.83. The van der Waals surface area contributed by atoms with Crippen LogP contribution in [-0.2, 0) is 13.2 Å². The number of anilines is 1. The Labute approximate surface area is 188 Å². The van der Waals surface area contributed by atoms with E-state index in [1.165, 1.54) is 0 Å². The summed E-state index contributed by atoms with van der Waals surface area (Å²) in [4.78, 5) is 10.9. The van der Waals surface area contributed by atoms with E-state index in [9.17, 15) is 10.1 Å². The number of nitrogens with one attached hydrogen (secondary N) is 1. The van der Waals surface area contributed by atoms with E-state index in [-0.39, 0.29) is 10.6 Å². The largest absolute Gasteiger partial charge is 0.497 e. The van der Waals surface area contributed by atoms with Gasteiger partial charge in [-0.25, -0.2) is 0 Å². The molecule has 1 N–H and O–H groups in total. The average molecular weight is 520 g/mol. The van der Waals surface area contributed by atoms with Crippen LogP contribution in [0.2, 0.25) is 0 Å². The summed E-state index contributed by atoms with van der Waals surface area (Å²) < 4.78 is 17.3. The molecular formula is C22H21IN2O5. The molecule has 0 amide bonds. The molecule has 3 aromatic rings. The molecule has 156 valence electrons. The monoisotopic (exact) mass is 520 g/mol. The maximum Gasteiger partial charge on any atom is 0.293 e. The molecule has 3 aromatic carbocycles. The first-order chi connectivity index (χ1) is 14.5. The maximum atomic E-state index is 11.3. The lowest BCUT2D eigenvalue weighted by molar-refractivity contribution is -0.384. The van der Waals surface area contributed by atoms with E-state index >= 15 is 0 Å². The molecular weight excluding hydrogens is 499 g/mol. The third-order valence-electron chi connectivity index (χ3n) is 4.42. The minimum atomic E-state index is -0.388. The number of nitrogens with zero attached hydrogens (tertiary/aromatic N) is 1. The van der Waals surface area contributed by atoms with Crippen molar-refractivity contribution in [3.63, 3.8) is 0 Å². The van der Waals surface area contributed by atoms with Crippen LogP contribution in [0.4, 0.5) is 11.4 Å². The number of benzene rings is 3. The number of rotatable bonds is 9. The topological polar surface area (TPSA) is 82.9 Å². The van der Waals surface area contributed by atoms with Crippen molar-refractivity contribution in [1.82, 2.24) is 0 Å². The summed E-state index contributed by atoms with van der Waals surface area (Å²) in [6, 6.07) is 18.3. The van der Waals surface area contributed by atoms with Gasteiger partial charge >= 0.3 is 0 Å². The van der Waals surface area contributed by atoms with Gasteiger partial charge in [-0.1, -0.05) is 18.2 Å². The molecule has 3 rings (SSSR count). The lowest BCUT2D eigenvalue weighted by Gasteiger charge is -2.13. The van der Waals surface area contributed by atoms with Crippen molar-refractivity contribution < 1.29 is 19.1 Å². The smallest absolute Gasteiger partial charge is 0.293 e. The highest BCUT2D eigenvalue weighted by atomic mass is 127. The van der Waals surface area contributed by atoms with Gasteiger partial charge in [0, 0.05) is 16.2 Å². The van der Waals surface area contributed by atoms with E-state index in [4.69, 9.17) is 14.2 Å². The predicted octanol–water partition coefficient (Wildman–Crippen LogP) is 5.41. The van der Waals surface area contributed by atoms with Crippen LogP contribution < -0.4 is 19.5 Å². The maximum absolute atomic E-state index is 11.3. The zero-order valence-electron chi connectivity index (χ0n) is 16.6. The second kappa shape index (κ2) is 10.1. The van der Waals surface area contributed by atoms with Crippen LogP contribution in [0.1, 0.15) is 11.1 Å². The highest BCUT2D eigenvalue weighted by Gasteiger charge is 2.14. The Morgan fingerprint density at radius 2 is 1.67 bits per heavy atom. The number of ether oxygens (including phenoxy) is 3. The molecule has 0 unspecified atom stereocenters. The molecule has 0 fully saturated rings. The molecule has 0 aromatic heterocycles. The molecule has 0 heterocycles. The van der Waals surface area contributed by atoms with E-state index in [0.29, 0.717) is 30.3 Å². The minimum absolute atomic E-state index is 0.0494. The van der Waals surface area contributed by atoms with Crippen LogP contribution in [0, 0.1) is 13.7 Å². The van der Waals surface area contributed by atoms with Gasteiger partial charge in [0.25, 0.3) is 5.69 Å². The van der Waals surface area contributed by atoms with Gasteiger partial charge in [0.05, 0.1) is 19.1 Å². The van der Waals surface area contributed by atoms with Crippen LogP contribution in [0.15, 0.2) is 60.7 Å². The first kappa shape index (κ1) is 21.7. The lowest BCUT2D eigenvalue weighted by atomic mass is 10.2. The van der Waals surface area contributed by atoms with E-state index in [0.717, 1.165) is 20.4 Å². The average Bonchev–Trinajstić information content (AvgIpc) is 2.77. The summed E-state index contributed by atoms with van der Waals surface area (Å²) in [5, 5.41) is 14.4. The third-order valence-corrected chi connectivity index (χ3v) is 5.09. The first-order valence-electron chi connectivity index (χ1n) is 9.10. The number of halogens is 1. The van der Waals surface area contributed by atoms with Gasteiger partial charge in [0.1, 0.15) is 18.0 Å². The van der Waals surface area contributed by atoms with Gasteiger partial charge in [-0.05, 0) is 70.1 Å². The molecule has 0 saturated carbocycles. The molecule has 0 aliphatic heterocycles. The van der Waals surface area contributed by atoms with Gasteiger partial charge in [-0.15, -0.1) is 0 Å². The normalized spacial score (nSPS) is 10.4. The molecule has 0 spiro atoms. The summed E-state index contributed by atoms with van der Waals surface area (Å²) >= 11 is 2.05. The van der Waals surface area contributed by atoms with Crippen molar-refractivity contribution in [2.45, 2.75) is 13.2 Å². The summed E-state index contributed by atoms with van der Waals surface area (Å²) in [6.07, 6.45) is 0. The second-order valence-electron chi connectivity index (χ2n) is 6.39. The summed E-state index contributed by atoms with van der Waals surface area (Å²) in [6.45, 7) is 0.809. The van der Waals surface area contributed by atoms with Crippen molar-refractivity contribution in [3.05, 3.63) is 85.5 Å². The number of hydrogen-bond acceptors (Lipinski definition) is 6. The standard InChI is InChI=1S/C22H21IN2O5/c1-28-18-7-3-15(4-8-18)14-30-21-10-5-16(11-22(21)29-2)13-24-19-9-6-17(23)12-20(19)25(26)27/h3-12,24H,13-14H2,1-2H3. The highest BCUT2D eigenvalue weighted by Crippen LogP contribution is 2.31. The second-order valence-corrected chi connectivity index (χ2v) is 7.64. The number of methoxy groups -OCH3 is 2. The Morgan fingerprint density at radius 1 is 0.933 bits per heavy atom. The van der Waals surface area contributed by atoms with Crippen molar-refractivity contribution in [2.75, 3.05) is 19.5 Å². The van der Waals surface area contributed by atoms with Crippen molar-refractivity contribution in [3.8, 4) is 17.2 Å². The number of nitro groups is 1. The Hall–Kier alpha value is -3.01. The third kappa shape index (κ3) is 5.53. The number of hydrogen-bond donors (Lipinski definition) is 1. The van der Waals surface area contributed by atoms with E-state index in [2.05, 4.69) is 27.9 Å². The number of nitro benzene ring substituents is 1. The molecule has 0 aliphatic rings. The van der Waals surface area contributed by atoms with Crippen molar-refractivity contribution in [1.29, 1.82) is 0 Å². The Balaban J connectivity index is 1.67. The van der Waals surface area contributed by atoms with Crippen LogP contribution >= 0.6 is 22.6 Å². The fraction of sp³-hybridized carbons (Fsp3) is 0.182. The van der Waals surface area contributed by atoms with E-state index in [1.54, 1.807) is 26.4 Å². The molecule has 30 heavy (non-hydrogen) atoms. The molecule has 0 radical (unpaired) electrons. The van der Waals surface area contributed by atoms with Crippen molar-refractivity contribution in [2.24, 2.45) is 0 Å². The molecule has 0 atom stereocenters. The van der Waals surface area contributed by atoms with Crippen LogP contribution in [0.25, 0.3) is 0 Å². The van der Waals surface area contributed by atoms with Gasteiger partial charge in [-0.3, -0.25) is 10.1 Å². The summed E-state index contributed by atoms with van der Waals surface area (Å²) in [7, 11) is 3.21. The summed E-state index contributed by atoms with van der Waals surface area (Å²) in [5.74, 6) is 2.01. The Morgan fingerprint density at radius 3 is 2.33 bits per heavy atom. The molecule has 0 aliphatic carbocycles. The molecule has 0 saturated heterocycles. The van der Waals surface area contributed by atoms with E-state index in [1.807, 2.05) is 48.5 Å². The van der Waals surface area contributed by atoms with Gasteiger partial charge in [-0.2, -0.15) is 0 Å². The SMILES string of the molecule is COc1ccc(COc2ccc(CNc3ccc(I)cc3[N+](=O)[O-])cc2OC)cc1. The lowest BCUT2D eigenvalue weighted by Crippen LogP contribution is -2.04. The van der Waals surface area contributed by atoms with Crippen LogP contribution in [0.3, 0.4) is 0 Å². The van der Waals surface area contributed by atoms with Crippen LogP contribution in [-0.4, -0.2) is 19.1 Å². The van der Waals surface area contributed by atoms with Gasteiger partial charge in [0.2, 0.25) is 0 Å². The van der Waals surface area contributed by atoms with Gasteiger partial charge in [0.15, 0.2) is 11.5 Å². The highest BCUT2D eigenvalue weighted by molar-refractivity contribution is 14.1. The minimum Gasteiger partial charge on any atom is -0.497 e. The Bertz CT molecular complexity index is 1020. The zero-order valence-corrected chi connectivity index (χ0v) is 18.7. The molecule has 8 heteroatoms. The van der Waals surface area contributed by atoms with Crippen LogP contribution in [0.5, 0.6) is 17.2 Å².